The molecule has 0 radical (unpaired) electrons. The van der Waals surface area contributed by atoms with E-state index in [-0.39, 0.29) is 12.3 Å². The zero-order valence-electron chi connectivity index (χ0n) is 13.4. The van der Waals surface area contributed by atoms with Crippen LogP contribution >= 0.6 is 11.6 Å². The number of hydrogen-bond acceptors (Lipinski definition) is 2. The van der Waals surface area contributed by atoms with Gasteiger partial charge in [0.15, 0.2) is 0 Å². The molecule has 25 heavy (non-hydrogen) atoms. The minimum atomic E-state index is -0.815. The fourth-order valence-electron chi connectivity index (χ4n) is 2.78. The van der Waals surface area contributed by atoms with Crippen molar-refractivity contribution >= 4 is 34.2 Å². The Bertz CT molecular complexity index is 934. The molecule has 0 aliphatic rings. The SMILES string of the molecule is NC(=O)[C@@H](Cc1cccc(Cl)c1)NC(=O)c1cccc2ccccc12. The summed E-state index contributed by atoms with van der Waals surface area (Å²) in [4.78, 5) is 24.5. The average Bonchev–Trinajstić information content (AvgIpc) is 2.60. The lowest BCUT2D eigenvalue weighted by Crippen LogP contribution is -2.45. The molecule has 5 heteroatoms. The van der Waals surface area contributed by atoms with Gasteiger partial charge >= 0.3 is 0 Å². The summed E-state index contributed by atoms with van der Waals surface area (Å²) in [5, 5.41) is 5.09. The molecular weight excluding hydrogens is 336 g/mol. The molecule has 2 amide bonds. The number of nitrogens with one attached hydrogen (secondary N) is 1. The minimum Gasteiger partial charge on any atom is -0.368 e. The van der Waals surface area contributed by atoms with Gasteiger partial charge in [-0.25, -0.2) is 0 Å². The number of rotatable bonds is 5. The topological polar surface area (TPSA) is 72.2 Å². The van der Waals surface area contributed by atoms with Crippen LogP contribution in [0.2, 0.25) is 5.02 Å². The predicted molar refractivity (Wildman–Crippen MR) is 99.6 cm³/mol. The van der Waals surface area contributed by atoms with Crippen LogP contribution < -0.4 is 11.1 Å². The van der Waals surface area contributed by atoms with Gasteiger partial charge in [0.2, 0.25) is 5.91 Å². The summed E-state index contributed by atoms with van der Waals surface area (Å²) in [7, 11) is 0. The van der Waals surface area contributed by atoms with Gasteiger partial charge in [0.1, 0.15) is 6.04 Å². The third kappa shape index (κ3) is 3.98. The molecule has 0 aliphatic heterocycles. The average molecular weight is 353 g/mol. The molecular formula is C20H17ClN2O2. The summed E-state index contributed by atoms with van der Waals surface area (Å²) in [6, 6.07) is 19.4. The quantitative estimate of drug-likeness (QED) is 0.739. The van der Waals surface area contributed by atoms with Gasteiger partial charge in [-0.15, -0.1) is 0 Å². The van der Waals surface area contributed by atoms with E-state index < -0.39 is 11.9 Å². The Kier molecular flexibility index (Phi) is 5.00. The van der Waals surface area contributed by atoms with Crippen molar-refractivity contribution < 1.29 is 9.59 Å². The van der Waals surface area contributed by atoms with Crippen LogP contribution in [0.25, 0.3) is 10.8 Å². The summed E-state index contributed by atoms with van der Waals surface area (Å²) in [5.74, 6) is -0.920. The standard InChI is InChI=1S/C20H17ClN2O2/c21-15-8-3-5-13(11-15)12-18(19(22)24)23-20(25)17-10-4-7-14-6-1-2-9-16(14)17/h1-11,18H,12H2,(H2,22,24)(H,23,25)/t18-/m1/s1. The maximum atomic E-state index is 12.7. The monoisotopic (exact) mass is 352 g/mol. The third-order valence-electron chi connectivity index (χ3n) is 4.01. The molecule has 0 aliphatic carbocycles. The van der Waals surface area contributed by atoms with E-state index in [1.807, 2.05) is 42.5 Å². The van der Waals surface area contributed by atoms with E-state index in [0.717, 1.165) is 16.3 Å². The second kappa shape index (κ2) is 7.36. The predicted octanol–water partition coefficient (Wildman–Crippen LogP) is 3.32. The van der Waals surface area contributed by atoms with Gasteiger partial charge in [-0.3, -0.25) is 9.59 Å². The molecule has 3 rings (SSSR count). The van der Waals surface area contributed by atoms with E-state index in [1.54, 1.807) is 24.3 Å². The number of primary amides is 1. The Labute approximate surface area is 150 Å². The van der Waals surface area contributed by atoms with Crippen molar-refractivity contribution in [1.82, 2.24) is 5.32 Å². The van der Waals surface area contributed by atoms with Crippen LogP contribution in [0.3, 0.4) is 0 Å². The summed E-state index contributed by atoms with van der Waals surface area (Å²) in [5.41, 5.74) is 6.81. The largest absolute Gasteiger partial charge is 0.368 e. The maximum Gasteiger partial charge on any atom is 0.252 e. The van der Waals surface area contributed by atoms with E-state index >= 15 is 0 Å². The molecule has 0 saturated heterocycles. The molecule has 0 saturated carbocycles. The highest BCUT2D eigenvalue weighted by atomic mass is 35.5. The van der Waals surface area contributed by atoms with Crippen molar-refractivity contribution in [3.05, 3.63) is 82.9 Å². The highest BCUT2D eigenvalue weighted by molar-refractivity contribution is 6.30. The van der Waals surface area contributed by atoms with E-state index in [9.17, 15) is 9.59 Å². The van der Waals surface area contributed by atoms with Crippen molar-refractivity contribution in [3.8, 4) is 0 Å². The lowest BCUT2D eigenvalue weighted by Gasteiger charge is -2.16. The fraction of sp³-hybridized carbons (Fsp3) is 0.100. The van der Waals surface area contributed by atoms with Gasteiger partial charge < -0.3 is 11.1 Å². The summed E-state index contributed by atoms with van der Waals surface area (Å²) >= 11 is 5.97. The molecule has 3 aromatic carbocycles. The highest BCUT2D eigenvalue weighted by Crippen LogP contribution is 2.19. The first kappa shape index (κ1) is 17.0. The van der Waals surface area contributed by atoms with Crippen LogP contribution in [-0.4, -0.2) is 17.9 Å². The molecule has 0 bridgehead atoms. The van der Waals surface area contributed by atoms with Gasteiger partial charge in [-0.2, -0.15) is 0 Å². The van der Waals surface area contributed by atoms with Crippen LogP contribution in [0.5, 0.6) is 0 Å². The van der Waals surface area contributed by atoms with Crippen molar-refractivity contribution in [2.45, 2.75) is 12.5 Å². The molecule has 0 aromatic heterocycles. The summed E-state index contributed by atoms with van der Waals surface area (Å²) in [6.07, 6.45) is 0.284. The number of carbonyl (C=O) groups is 2. The highest BCUT2D eigenvalue weighted by Gasteiger charge is 2.20. The van der Waals surface area contributed by atoms with Gasteiger partial charge in [0.05, 0.1) is 0 Å². The van der Waals surface area contributed by atoms with Crippen molar-refractivity contribution in [2.24, 2.45) is 5.73 Å². The summed E-state index contributed by atoms with van der Waals surface area (Å²) in [6.45, 7) is 0. The van der Waals surface area contributed by atoms with E-state index in [1.165, 1.54) is 0 Å². The number of fused-ring (bicyclic) bond motifs is 1. The lowest BCUT2D eigenvalue weighted by molar-refractivity contribution is -0.119. The van der Waals surface area contributed by atoms with E-state index in [2.05, 4.69) is 5.32 Å². The first-order valence-corrected chi connectivity index (χ1v) is 8.25. The first-order chi connectivity index (χ1) is 12.0. The van der Waals surface area contributed by atoms with Gasteiger partial charge in [0.25, 0.3) is 5.91 Å². The molecule has 126 valence electrons. The summed E-state index contributed by atoms with van der Waals surface area (Å²) < 4.78 is 0. The van der Waals surface area contributed by atoms with Gasteiger partial charge in [-0.05, 0) is 34.5 Å². The number of nitrogens with two attached hydrogens (primary N) is 1. The Morgan fingerprint density at radius 3 is 2.48 bits per heavy atom. The lowest BCUT2D eigenvalue weighted by atomic mass is 10.0. The Morgan fingerprint density at radius 1 is 1.00 bits per heavy atom. The first-order valence-electron chi connectivity index (χ1n) is 7.87. The minimum absolute atomic E-state index is 0.284. The Hall–Kier alpha value is -2.85. The number of benzene rings is 3. The van der Waals surface area contributed by atoms with Crippen LogP contribution in [0.1, 0.15) is 15.9 Å². The maximum absolute atomic E-state index is 12.7. The van der Waals surface area contributed by atoms with Crippen LogP contribution in [0, 0.1) is 0 Å². The van der Waals surface area contributed by atoms with Gasteiger partial charge in [0, 0.05) is 17.0 Å². The molecule has 4 nitrogen and oxygen atoms in total. The second-order valence-electron chi connectivity index (χ2n) is 5.79. The zero-order valence-corrected chi connectivity index (χ0v) is 14.2. The molecule has 0 spiro atoms. The van der Waals surface area contributed by atoms with E-state index in [0.29, 0.717) is 10.6 Å². The Balaban J connectivity index is 1.84. The molecule has 0 unspecified atom stereocenters. The number of carbonyl (C=O) groups excluding carboxylic acids is 2. The molecule has 0 fully saturated rings. The second-order valence-corrected chi connectivity index (χ2v) is 6.23. The van der Waals surface area contributed by atoms with Crippen molar-refractivity contribution in [1.29, 1.82) is 0 Å². The molecule has 1 atom stereocenters. The molecule has 3 N–H and O–H groups in total. The third-order valence-corrected chi connectivity index (χ3v) is 4.25. The number of hydrogen-bond donors (Lipinski definition) is 2. The Morgan fingerprint density at radius 2 is 1.72 bits per heavy atom. The van der Waals surface area contributed by atoms with Gasteiger partial charge in [-0.1, -0.05) is 60.1 Å². The molecule has 3 aromatic rings. The number of halogens is 1. The smallest absolute Gasteiger partial charge is 0.252 e. The van der Waals surface area contributed by atoms with Crippen molar-refractivity contribution in [2.75, 3.05) is 0 Å². The number of amides is 2. The van der Waals surface area contributed by atoms with E-state index in [4.69, 9.17) is 17.3 Å². The normalized spacial score (nSPS) is 11.9. The van der Waals surface area contributed by atoms with Crippen LogP contribution in [0.4, 0.5) is 0 Å². The van der Waals surface area contributed by atoms with Crippen LogP contribution in [0.15, 0.2) is 66.7 Å². The fourth-order valence-corrected chi connectivity index (χ4v) is 2.99. The van der Waals surface area contributed by atoms with Crippen molar-refractivity contribution in [3.63, 3.8) is 0 Å². The zero-order chi connectivity index (χ0) is 17.8. The molecule has 0 heterocycles. The van der Waals surface area contributed by atoms with Crippen LogP contribution in [-0.2, 0) is 11.2 Å².